The van der Waals surface area contributed by atoms with Crippen molar-refractivity contribution in [2.75, 3.05) is 30.8 Å². The van der Waals surface area contributed by atoms with Crippen LogP contribution < -0.4 is 16.0 Å². The highest BCUT2D eigenvalue weighted by Crippen LogP contribution is 2.20. The zero-order valence-electron chi connectivity index (χ0n) is 12.3. The van der Waals surface area contributed by atoms with E-state index < -0.39 is 0 Å². The Morgan fingerprint density at radius 2 is 2.10 bits per heavy atom. The summed E-state index contributed by atoms with van der Waals surface area (Å²) in [5, 5.41) is 3.32. The number of rotatable bonds is 4. The Bertz CT molecular complexity index is 599. The summed E-state index contributed by atoms with van der Waals surface area (Å²) in [5.41, 5.74) is 8.08. The van der Waals surface area contributed by atoms with Crippen LogP contribution in [0.4, 0.5) is 11.8 Å². The lowest BCUT2D eigenvalue weighted by atomic mass is 10.1. The van der Waals surface area contributed by atoms with Crippen molar-refractivity contribution in [3.8, 4) is 0 Å². The number of hydrogen-bond acceptors (Lipinski definition) is 5. The number of aromatic nitrogens is 2. The lowest BCUT2D eigenvalue weighted by Crippen LogP contribution is -2.30. The number of likely N-dealkylation sites (N-methyl/N-ethyl adjacent to an activating group) is 1. The van der Waals surface area contributed by atoms with Gasteiger partial charge in [0, 0.05) is 31.6 Å². The third-order valence-electron chi connectivity index (χ3n) is 3.93. The minimum absolute atomic E-state index is 0.353. The summed E-state index contributed by atoms with van der Waals surface area (Å²) >= 11 is 0. The minimum atomic E-state index is 0.353. The molecule has 0 aliphatic carbocycles. The van der Waals surface area contributed by atoms with Crippen LogP contribution in [-0.2, 0) is 6.42 Å². The smallest absolute Gasteiger partial charge is 0.222 e. The fourth-order valence-corrected chi connectivity index (χ4v) is 2.76. The Hall–Kier alpha value is -2.14. The Balaban J connectivity index is 1.80. The lowest BCUT2D eigenvalue weighted by Gasteiger charge is -2.18. The van der Waals surface area contributed by atoms with Gasteiger partial charge in [-0.15, -0.1) is 0 Å². The van der Waals surface area contributed by atoms with E-state index in [1.807, 2.05) is 25.2 Å². The van der Waals surface area contributed by atoms with Crippen molar-refractivity contribution in [1.82, 2.24) is 15.3 Å². The first-order valence-electron chi connectivity index (χ1n) is 7.34. The van der Waals surface area contributed by atoms with Crippen LogP contribution in [0.25, 0.3) is 0 Å². The summed E-state index contributed by atoms with van der Waals surface area (Å²) < 4.78 is 0. The van der Waals surface area contributed by atoms with Crippen molar-refractivity contribution < 1.29 is 0 Å². The number of nitrogen functional groups attached to an aromatic ring is 1. The first-order chi connectivity index (χ1) is 10.2. The average Bonchev–Trinajstić information content (AvgIpc) is 2.97. The van der Waals surface area contributed by atoms with Crippen LogP contribution in [0.2, 0.25) is 0 Å². The van der Waals surface area contributed by atoms with Crippen molar-refractivity contribution >= 4 is 11.8 Å². The molecular weight excluding hydrogens is 262 g/mol. The van der Waals surface area contributed by atoms with Gasteiger partial charge in [-0.1, -0.05) is 30.3 Å². The van der Waals surface area contributed by atoms with Crippen LogP contribution in [0, 0.1) is 0 Å². The van der Waals surface area contributed by atoms with Crippen LogP contribution >= 0.6 is 0 Å². The van der Waals surface area contributed by atoms with E-state index >= 15 is 0 Å². The first kappa shape index (κ1) is 13.8. The molecule has 1 aromatic heterocycles. The van der Waals surface area contributed by atoms with E-state index in [1.54, 1.807) is 0 Å². The molecule has 5 nitrogen and oxygen atoms in total. The quantitative estimate of drug-likeness (QED) is 0.889. The maximum Gasteiger partial charge on any atom is 0.222 e. The van der Waals surface area contributed by atoms with Gasteiger partial charge in [-0.2, -0.15) is 4.98 Å². The summed E-state index contributed by atoms with van der Waals surface area (Å²) in [5.74, 6) is 1.29. The SMILES string of the molecule is CN[C@@H]1CCN(c2cc(Cc3ccccc3)nc(N)n2)C1. The summed E-state index contributed by atoms with van der Waals surface area (Å²) in [6.07, 6.45) is 1.91. The standard InChI is InChI=1S/C16H21N5/c1-18-13-7-8-21(11-13)15-10-14(19-16(17)20-15)9-12-5-3-2-4-6-12/h2-6,10,13,18H,7-9,11H2,1H3,(H2,17,19,20)/t13-/m1/s1. The van der Waals surface area contributed by atoms with Gasteiger partial charge in [0.05, 0.1) is 5.69 Å². The van der Waals surface area contributed by atoms with E-state index in [9.17, 15) is 0 Å². The van der Waals surface area contributed by atoms with Gasteiger partial charge < -0.3 is 16.0 Å². The van der Waals surface area contributed by atoms with Gasteiger partial charge in [-0.3, -0.25) is 0 Å². The molecule has 0 bridgehead atoms. The van der Waals surface area contributed by atoms with Crippen LogP contribution in [0.5, 0.6) is 0 Å². The van der Waals surface area contributed by atoms with Gasteiger partial charge in [0.25, 0.3) is 0 Å². The Morgan fingerprint density at radius 3 is 2.81 bits per heavy atom. The van der Waals surface area contributed by atoms with Crippen LogP contribution in [0.15, 0.2) is 36.4 Å². The van der Waals surface area contributed by atoms with E-state index in [4.69, 9.17) is 5.73 Å². The summed E-state index contributed by atoms with van der Waals surface area (Å²) in [6, 6.07) is 12.9. The van der Waals surface area contributed by atoms with Crippen molar-refractivity contribution in [1.29, 1.82) is 0 Å². The Labute approximate surface area is 125 Å². The minimum Gasteiger partial charge on any atom is -0.368 e. The number of anilines is 2. The number of nitrogens with two attached hydrogens (primary N) is 1. The van der Waals surface area contributed by atoms with Crippen LogP contribution in [0.3, 0.4) is 0 Å². The average molecular weight is 283 g/mol. The number of nitrogens with one attached hydrogen (secondary N) is 1. The Kier molecular flexibility index (Phi) is 4.01. The molecule has 2 heterocycles. The number of nitrogens with zero attached hydrogens (tertiary/aromatic N) is 3. The molecule has 0 unspecified atom stereocenters. The number of hydrogen-bond donors (Lipinski definition) is 2. The topological polar surface area (TPSA) is 67.1 Å². The van der Waals surface area contributed by atoms with Crippen molar-refractivity contribution in [3.05, 3.63) is 47.7 Å². The molecule has 2 aromatic rings. The molecular formula is C16H21N5. The van der Waals surface area contributed by atoms with Crippen LogP contribution in [-0.4, -0.2) is 36.1 Å². The molecule has 1 fully saturated rings. The largest absolute Gasteiger partial charge is 0.368 e. The van der Waals surface area contributed by atoms with E-state index in [1.165, 1.54) is 5.56 Å². The second-order valence-electron chi connectivity index (χ2n) is 5.46. The molecule has 3 rings (SSSR count). The molecule has 0 amide bonds. The second kappa shape index (κ2) is 6.10. The van der Waals surface area contributed by atoms with Crippen molar-refractivity contribution in [2.24, 2.45) is 0 Å². The highest BCUT2D eigenvalue weighted by molar-refractivity contribution is 5.45. The molecule has 1 atom stereocenters. The maximum atomic E-state index is 5.88. The maximum absolute atomic E-state index is 5.88. The second-order valence-corrected chi connectivity index (χ2v) is 5.46. The summed E-state index contributed by atoms with van der Waals surface area (Å²) in [4.78, 5) is 11.0. The lowest BCUT2D eigenvalue weighted by molar-refractivity contribution is 0.616. The third-order valence-corrected chi connectivity index (χ3v) is 3.93. The van der Waals surface area contributed by atoms with Gasteiger partial charge in [-0.25, -0.2) is 4.98 Å². The summed E-state index contributed by atoms with van der Waals surface area (Å²) in [7, 11) is 2.00. The highest BCUT2D eigenvalue weighted by atomic mass is 15.2. The molecule has 0 saturated carbocycles. The zero-order valence-corrected chi connectivity index (χ0v) is 12.3. The highest BCUT2D eigenvalue weighted by Gasteiger charge is 2.22. The van der Waals surface area contributed by atoms with Crippen molar-refractivity contribution in [2.45, 2.75) is 18.9 Å². The molecule has 1 aromatic carbocycles. The van der Waals surface area contributed by atoms with Gasteiger partial charge in [-0.05, 0) is 19.0 Å². The molecule has 21 heavy (non-hydrogen) atoms. The number of benzene rings is 1. The fraction of sp³-hybridized carbons (Fsp3) is 0.375. The molecule has 1 saturated heterocycles. The van der Waals surface area contributed by atoms with E-state index in [2.05, 4.69) is 38.4 Å². The fourth-order valence-electron chi connectivity index (χ4n) is 2.76. The molecule has 1 aliphatic heterocycles. The normalized spacial score (nSPS) is 18.1. The van der Waals surface area contributed by atoms with Gasteiger partial charge >= 0.3 is 0 Å². The molecule has 1 aliphatic rings. The predicted octanol–water partition coefficient (Wildman–Crippen LogP) is 1.45. The molecule has 3 N–H and O–H groups in total. The molecule has 0 radical (unpaired) electrons. The third kappa shape index (κ3) is 3.31. The Morgan fingerprint density at radius 1 is 1.29 bits per heavy atom. The van der Waals surface area contributed by atoms with Gasteiger partial charge in [0.15, 0.2) is 0 Å². The van der Waals surface area contributed by atoms with Gasteiger partial charge in [0.1, 0.15) is 5.82 Å². The van der Waals surface area contributed by atoms with E-state index in [0.29, 0.717) is 12.0 Å². The predicted molar refractivity (Wildman–Crippen MR) is 85.4 cm³/mol. The molecule has 5 heteroatoms. The van der Waals surface area contributed by atoms with Crippen molar-refractivity contribution in [3.63, 3.8) is 0 Å². The van der Waals surface area contributed by atoms with Crippen LogP contribution in [0.1, 0.15) is 17.7 Å². The monoisotopic (exact) mass is 283 g/mol. The van der Waals surface area contributed by atoms with E-state index in [0.717, 1.165) is 37.4 Å². The molecule has 110 valence electrons. The van der Waals surface area contributed by atoms with Gasteiger partial charge in [0.2, 0.25) is 5.95 Å². The first-order valence-corrected chi connectivity index (χ1v) is 7.34. The summed E-state index contributed by atoms with van der Waals surface area (Å²) in [6.45, 7) is 1.98. The van der Waals surface area contributed by atoms with E-state index in [-0.39, 0.29) is 0 Å². The molecule has 0 spiro atoms. The zero-order chi connectivity index (χ0) is 14.7.